The Morgan fingerprint density at radius 2 is 1.66 bits per heavy atom. The topological polar surface area (TPSA) is 121 Å². The number of likely N-dealkylation sites (N-methyl/N-ethyl adjacent to an activating group) is 1. The number of ether oxygens (including phenoxy) is 5. The first kappa shape index (κ1) is 42.6. The van der Waals surface area contributed by atoms with Crippen molar-refractivity contribution in [3.05, 3.63) is 69.4 Å². The van der Waals surface area contributed by atoms with Crippen LogP contribution in [-0.2, 0) is 42.9 Å². The van der Waals surface area contributed by atoms with Crippen LogP contribution >= 0.6 is 11.6 Å². The largest absolute Gasteiger partial charge is 0.486 e. The quantitative estimate of drug-likeness (QED) is 0.0936. The average Bonchev–Trinajstić information content (AvgIpc) is 3.32. The highest BCUT2D eigenvalue weighted by molar-refractivity contribution is 6.26. The van der Waals surface area contributed by atoms with Crippen molar-refractivity contribution in [3.8, 4) is 0 Å². The molecule has 4 heterocycles. The van der Waals surface area contributed by atoms with Gasteiger partial charge in [-0.25, -0.2) is 4.79 Å². The summed E-state index contributed by atoms with van der Waals surface area (Å²) in [5.74, 6) is -2.35. The van der Waals surface area contributed by atoms with Gasteiger partial charge in [-0.1, -0.05) is 29.4 Å². The predicted molar refractivity (Wildman–Crippen MR) is 219 cm³/mol. The van der Waals surface area contributed by atoms with E-state index in [-0.39, 0.29) is 59.0 Å². The Morgan fingerprint density at radius 1 is 0.966 bits per heavy atom. The summed E-state index contributed by atoms with van der Waals surface area (Å²) < 4.78 is 33.0. The summed E-state index contributed by atoms with van der Waals surface area (Å²) in [6, 6.07) is -0.377. The van der Waals surface area contributed by atoms with E-state index in [2.05, 4.69) is 29.0 Å². The third-order valence-corrected chi connectivity index (χ3v) is 14.1. The van der Waals surface area contributed by atoms with Crippen molar-refractivity contribution in [2.24, 2.45) is 23.7 Å². The van der Waals surface area contributed by atoms with Gasteiger partial charge in [0.05, 0.1) is 18.6 Å². The van der Waals surface area contributed by atoms with Crippen LogP contribution in [0.1, 0.15) is 93.9 Å². The van der Waals surface area contributed by atoms with Gasteiger partial charge in [0.1, 0.15) is 34.3 Å². The Labute approximate surface area is 348 Å². The minimum Gasteiger partial charge on any atom is -0.486 e. The summed E-state index contributed by atoms with van der Waals surface area (Å²) in [5.41, 5.74) is -0.789. The number of esters is 2. The molecule has 0 aromatic rings. The minimum atomic E-state index is -1.43. The van der Waals surface area contributed by atoms with Gasteiger partial charge in [-0.2, -0.15) is 0 Å². The molecule has 0 N–H and O–H groups in total. The molecule has 6 fully saturated rings. The summed E-state index contributed by atoms with van der Waals surface area (Å²) in [6.07, 6.45) is 10.7. The first-order valence-electron chi connectivity index (χ1n) is 20.9. The van der Waals surface area contributed by atoms with E-state index >= 15 is 9.59 Å². The van der Waals surface area contributed by atoms with Crippen molar-refractivity contribution < 1.29 is 42.9 Å². The fourth-order valence-corrected chi connectivity index (χ4v) is 11.3. The molecule has 4 bridgehead atoms. The van der Waals surface area contributed by atoms with Gasteiger partial charge in [0, 0.05) is 73.6 Å². The monoisotopic (exact) mass is 820 g/mol. The van der Waals surface area contributed by atoms with Crippen LogP contribution in [0.4, 0.5) is 0 Å². The Bertz CT molecular complexity index is 1960. The predicted octanol–water partition coefficient (Wildman–Crippen LogP) is 6.92. The number of piperazine rings is 1. The standard InChI is InChI=1S/C46H61ClN2O9/c1-26(2)12-11-16-44(8)24-32(55-34(50)25-47)35-38(51)36-37(49-20-18-48(9)19-21-49)31-22-29-23-33-43(6,7)58-45(41(29)52,17-15-28(5)42(53)54-10)46(31,33)57-40(36)30(39(35)56-44)14-13-27(3)4/h12-13,15,24,29,31,33,36-37H,11,14,16-23,25H2,1-10H3/b28-15-. The van der Waals surface area contributed by atoms with Crippen molar-refractivity contribution >= 4 is 35.1 Å². The molecule has 0 aromatic heterocycles. The third-order valence-electron chi connectivity index (χ3n) is 13.9. The molecule has 11 nitrogen and oxygen atoms in total. The van der Waals surface area contributed by atoms with Gasteiger partial charge in [0.15, 0.2) is 22.8 Å². The Hall–Kier alpha value is -3.51. The Morgan fingerprint density at radius 3 is 2.29 bits per heavy atom. The number of Topliss-reactive ketones (excluding diaryl/α,β-unsaturated/α-hetero) is 2. The molecule has 8 atom stereocenters. The lowest BCUT2D eigenvalue weighted by molar-refractivity contribution is -0.251. The van der Waals surface area contributed by atoms with Crippen molar-refractivity contribution in [2.45, 2.75) is 122 Å². The molecule has 3 saturated carbocycles. The molecular formula is C46H61ClN2O9. The number of allylic oxidation sites excluding steroid dienone is 6. The van der Waals surface area contributed by atoms with Gasteiger partial charge in [-0.15, -0.1) is 11.6 Å². The zero-order valence-corrected chi connectivity index (χ0v) is 36.7. The van der Waals surface area contributed by atoms with Gasteiger partial charge < -0.3 is 28.6 Å². The van der Waals surface area contributed by atoms with Crippen LogP contribution in [0.2, 0.25) is 0 Å². The van der Waals surface area contributed by atoms with Gasteiger partial charge in [0.25, 0.3) is 0 Å². The van der Waals surface area contributed by atoms with Gasteiger partial charge in [-0.05, 0) is 94.5 Å². The molecule has 1 spiro atoms. The van der Waals surface area contributed by atoms with E-state index in [9.17, 15) is 9.59 Å². The number of rotatable bonds is 11. The summed E-state index contributed by atoms with van der Waals surface area (Å²) in [5, 5.41) is 0. The lowest BCUT2D eigenvalue weighted by atomic mass is 9.45. The second-order valence-corrected chi connectivity index (χ2v) is 19.0. The van der Waals surface area contributed by atoms with E-state index in [1.165, 1.54) is 12.7 Å². The first-order valence-corrected chi connectivity index (χ1v) is 21.4. The third kappa shape index (κ3) is 6.85. The average molecular weight is 821 g/mol. The molecule has 8 unspecified atom stereocenters. The van der Waals surface area contributed by atoms with Crippen molar-refractivity contribution in [3.63, 3.8) is 0 Å². The zero-order chi connectivity index (χ0) is 42.1. The molecule has 4 aliphatic heterocycles. The summed E-state index contributed by atoms with van der Waals surface area (Å²) in [7, 11) is 3.45. The van der Waals surface area contributed by atoms with E-state index in [4.69, 9.17) is 35.3 Å². The number of methoxy groups -OCH3 is 1. The summed E-state index contributed by atoms with van der Waals surface area (Å²) in [6.45, 7) is 18.9. The number of fused-ring (bicyclic) bond motifs is 1. The van der Waals surface area contributed by atoms with Crippen molar-refractivity contribution in [1.82, 2.24) is 9.80 Å². The smallest absolute Gasteiger partial charge is 0.333 e. The maximum Gasteiger partial charge on any atom is 0.333 e. The highest BCUT2D eigenvalue weighted by Gasteiger charge is 2.84. The maximum absolute atomic E-state index is 15.7. The van der Waals surface area contributed by atoms with Crippen LogP contribution in [0.3, 0.4) is 0 Å². The van der Waals surface area contributed by atoms with Gasteiger partial charge >= 0.3 is 11.9 Å². The molecule has 12 heteroatoms. The lowest BCUT2D eigenvalue weighted by Gasteiger charge is -2.66. The van der Waals surface area contributed by atoms with Crippen LogP contribution < -0.4 is 0 Å². The number of nitrogens with zero attached hydrogens (tertiary/aromatic N) is 2. The molecule has 58 heavy (non-hydrogen) atoms. The fourth-order valence-electron chi connectivity index (χ4n) is 11.3. The number of carbonyl (C=O) groups is 4. The molecule has 4 aliphatic carbocycles. The molecule has 8 aliphatic rings. The number of halogens is 1. The lowest BCUT2D eigenvalue weighted by Crippen LogP contribution is -2.78. The molecule has 316 valence electrons. The number of hydrogen-bond acceptors (Lipinski definition) is 11. The number of alkyl halides is 1. The van der Waals surface area contributed by atoms with Crippen molar-refractivity contribution in [1.29, 1.82) is 0 Å². The summed E-state index contributed by atoms with van der Waals surface area (Å²) >= 11 is 6.04. The van der Waals surface area contributed by atoms with Crippen LogP contribution in [0.25, 0.3) is 0 Å². The minimum absolute atomic E-state index is 0.0115. The van der Waals surface area contributed by atoms with Crippen molar-refractivity contribution in [2.75, 3.05) is 46.2 Å². The van der Waals surface area contributed by atoms with Crippen LogP contribution in [0.5, 0.6) is 0 Å². The van der Waals surface area contributed by atoms with E-state index in [1.807, 2.05) is 48.5 Å². The highest BCUT2D eigenvalue weighted by atomic mass is 35.5. The normalized spacial score (nSPS) is 35.3. The number of ketones is 2. The van der Waals surface area contributed by atoms with E-state index < -0.39 is 40.3 Å². The van der Waals surface area contributed by atoms with E-state index in [0.29, 0.717) is 67.9 Å². The SMILES string of the molecule is COC(=O)/C(C)=C\CC12OC(C)(C)C3CC(CC4C(N5CCN(C)CC5)C5C(=O)C6=C(OC(C)(CCC=C(C)C)C=C6OC(=O)CCl)C(CC=C(C)C)=C5OC431)C2=O. The van der Waals surface area contributed by atoms with E-state index in [0.717, 1.165) is 18.7 Å². The maximum atomic E-state index is 15.7. The molecule has 0 aromatic carbocycles. The molecule has 8 rings (SSSR count). The second-order valence-electron chi connectivity index (χ2n) is 18.8. The van der Waals surface area contributed by atoms with Crippen LogP contribution in [0, 0.1) is 23.7 Å². The number of carbonyl (C=O) groups excluding carboxylic acids is 4. The molecule has 0 amide bonds. The fraction of sp³-hybridized carbons (Fsp3) is 0.652. The summed E-state index contributed by atoms with van der Waals surface area (Å²) in [4.78, 5) is 61.3. The van der Waals surface area contributed by atoms with Crippen LogP contribution in [-0.4, -0.2) is 108 Å². The van der Waals surface area contributed by atoms with Gasteiger partial charge in [-0.3, -0.25) is 19.3 Å². The second kappa shape index (κ2) is 15.5. The number of hydrogen-bond donors (Lipinski definition) is 0. The van der Waals surface area contributed by atoms with E-state index in [1.54, 1.807) is 19.1 Å². The molecule has 3 saturated heterocycles. The zero-order valence-electron chi connectivity index (χ0n) is 35.9. The van der Waals surface area contributed by atoms with Crippen LogP contribution in [0.15, 0.2) is 69.4 Å². The highest BCUT2D eigenvalue weighted by Crippen LogP contribution is 2.72. The Kier molecular flexibility index (Phi) is 11.4. The van der Waals surface area contributed by atoms with Gasteiger partial charge in [0.2, 0.25) is 0 Å². The molecular weight excluding hydrogens is 760 g/mol. The first-order chi connectivity index (χ1) is 27.3. The Balaban J connectivity index is 1.50. The molecule has 0 radical (unpaired) electrons.